The van der Waals surface area contributed by atoms with Crippen molar-refractivity contribution in [3.8, 4) is 0 Å². The molecule has 1 aliphatic heterocycles. The van der Waals surface area contributed by atoms with Gasteiger partial charge in [0.05, 0.1) is 5.54 Å². The van der Waals surface area contributed by atoms with Crippen LogP contribution in [0.2, 0.25) is 5.02 Å². The SMILES string of the molecule is CC(C)(c1ccc(Cl)cc1)N1CC(N)CC1=O. The first-order valence-electron chi connectivity index (χ1n) is 5.73. The maximum atomic E-state index is 11.9. The van der Waals surface area contributed by atoms with E-state index in [-0.39, 0.29) is 17.5 Å². The van der Waals surface area contributed by atoms with Crippen molar-refractivity contribution in [3.63, 3.8) is 0 Å². The van der Waals surface area contributed by atoms with Crippen LogP contribution in [0.15, 0.2) is 24.3 Å². The summed E-state index contributed by atoms with van der Waals surface area (Å²) >= 11 is 5.87. The number of hydrogen-bond donors (Lipinski definition) is 1. The third kappa shape index (κ3) is 2.31. The van der Waals surface area contributed by atoms with Crippen molar-refractivity contribution in [2.24, 2.45) is 5.73 Å². The zero-order chi connectivity index (χ0) is 12.6. The maximum Gasteiger partial charge on any atom is 0.224 e. The Morgan fingerprint density at radius 2 is 1.94 bits per heavy atom. The summed E-state index contributed by atoms with van der Waals surface area (Å²) in [5, 5.41) is 0.703. The highest BCUT2D eigenvalue weighted by molar-refractivity contribution is 6.30. The van der Waals surface area contributed by atoms with E-state index in [0.29, 0.717) is 18.0 Å². The molecule has 0 saturated carbocycles. The van der Waals surface area contributed by atoms with Crippen molar-refractivity contribution in [2.45, 2.75) is 31.8 Å². The normalized spacial score (nSPS) is 21.1. The van der Waals surface area contributed by atoms with Gasteiger partial charge in [-0.2, -0.15) is 0 Å². The first-order chi connectivity index (χ1) is 7.91. The molecule has 1 fully saturated rings. The molecule has 4 heteroatoms. The van der Waals surface area contributed by atoms with Gasteiger partial charge in [-0.1, -0.05) is 23.7 Å². The van der Waals surface area contributed by atoms with Gasteiger partial charge in [-0.15, -0.1) is 0 Å². The van der Waals surface area contributed by atoms with Gasteiger partial charge < -0.3 is 10.6 Å². The molecule has 1 amide bonds. The van der Waals surface area contributed by atoms with Gasteiger partial charge in [0, 0.05) is 24.0 Å². The lowest BCUT2D eigenvalue weighted by Gasteiger charge is -2.36. The summed E-state index contributed by atoms with van der Waals surface area (Å²) in [4.78, 5) is 13.7. The quantitative estimate of drug-likeness (QED) is 0.877. The van der Waals surface area contributed by atoms with Crippen LogP contribution in [0.5, 0.6) is 0 Å². The summed E-state index contributed by atoms with van der Waals surface area (Å²) in [7, 11) is 0. The van der Waals surface area contributed by atoms with E-state index < -0.39 is 0 Å². The zero-order valence-corrected chi connectivity index (χ0v) is 10.9. The van der Waals surface area contributed by atoms with Crippen LogP contribution in [0.3, 0.4) is 0 Å². The molecule has 1 aliphatic rings. The lowest BCUT2D eigenvalue weighted by atomic mass is 9.92. The Morgan fingerprint density at radius 1 is 1.35 bits per heavy atom. The zero-order valence-electron chi connectivity index (χ0n) is 10.1. The third-order valence-electron chi connectivity index (χ3n) is 3.38. The molecular formula is C13H17ClN2O. The lowest BCUT2D eigenvalue weighted by molar-refractivity contribution is -0.132. The first-order valence-corrected chi connectivity index (χ1v) is 6.11. The molecule has 0 radical (unpaired) electrons. The Hall–Kier alpha value is -1.06. The highest BCUT2D eigenvalue weighted by atomic mass is 35.5. The molecule has 1 saturated heterocycles. The smallest absolute Gasteiger partial charge is 0.224 e. The van der Waals surface area contributed by atoms with Gasteiger partial charge in [0.25, 0.3) is 0 Å². The number of hydrogen-bond acceptors (Lipinski definition) is 2. The number of likely N-dealkylation sites (tertiary alicyclic amines) is 1. The molecule has 3 nitrogen and oxygen atoms in total. The predicted octanol–water partition coefficient (Wildman–Crippen LogP) is 2.13. The van der Waals surface area contributed by atoms with Gasteiger partial charge in [0.15, 0.2) is 0 Å². The molecule has 2 rings (SSSR count). The molecule has 17 heavy (non-hydrogen) atoms. The Kier molecular flexibility index (Phi) is 3.15. The number of nitrogens with two attached hydrogens (primary N) is 1. The van der Waals surface area contributed by atoms with Gasteiger partial charge in [0.2, 0.25) is 5.91 Å². The summed E-state index contributed by atoms with van der Waals surface area (Å²) in [6.07, 6.45) is 0.441. The third-order valence-corrected chi connectivity index (χ3v) is 3.63. The van der Waals surface area contributed by atoms with Gasteiger partial charge in [-0.25, -0.2) is 0 Å². The average molecular weight is 253 g/mol. The van der Waals surface area contributed by atoms with Crippen molar-refractivity contribution in [2.75, 3.05) is 6.54 Å². The molecule has 1 heterocycles. The number of nitrogens with zero attached hydrogens (tertiary/aromatic N) is 1. The van der Waals surface area contributed by atoms with E-state index in [4.69, 9.17) is 17.3 Å². The standard InChI is InChI=1S/C13H17ClN2O/c1-13(2,9-3-5-10(14)6-4-9)16-8-11(15)7-12(16)17/h3-6,11H,7-8,15H2,1-2H3. The summed E-state index contributed by atoms with van der Waals surface area (Å²) in [5.41, 5.74) is 6.57. The van der Waals surface area contributed by atoms with Crippen LogP contribution < -0.4 is 5.73 Å². The summed E-state index contributed by atoms with van der Waals surface area (Å²) in [6.45, 7) is 4.69. The van der Waals surface area contributed by atoms with Crippen molar-refractivity contribution in [1.82, 2.24) is 4.90 Å². The van der Waals surface area contributed by atoms with Crippen LogP contribution in [0.1, 0.15) is 25.8 Å². The molecule has 92 valence electrons. The fourth-order valence-corrected chi connectivity index (χ4v) is 2.41. The number of amides is 1. The van der Waals surface area contributed by atoms with Gasteiger partial charge >= 0.3 is 0 Å². The Morgan fingerprint density at radius 3 is 2.41 bits per heavy atom. The summed E-state index contributed by atoms with van der Waals surface area (Å²) in [5.74, 6) is 0.123. The first kappa shape index (κ1) is 12.4. The van der Waals surface area contributed by atoms with Gasteiger partial charge in [0.1, 0.15) is 0 Å². The second kappa shape index (κ2) is 4.31. The van der Waals surface area contributed by atoms with Crippen molar-refractivity contribution >= 4 is 17.5 Å². The summed E-state index contributed by atoms with van der Waals surface area (Å²) in [6, 6.07) is 7.56. The molecule has 0 spiro atoms. The average Bonchev–Trinajstić information content (AvgIpc) is 2.59. The number of rotatable bonds is 2. The molecule has 0 aromatic heterocycles. The highest BCUT2D eigenvalue weighted by Crippen LogP contribution is 2.32. The van der Waals surface area contributed by atoms with Crippen molar-refractivity contribution < 1.29 is 4.79 Å². The minimum absolute atomic E-state index is 0.0472. The molecule has 1 aromatic carbocycles. The van der Waals surface area contributed by atoms with Crippen LogP contribution in [0.25, 0.3) is 0 Å². The molecule has 0 aliphatic carbocycles. The molecule has 1 aromatic rings. The van der Waals surface area contributed by atoms with Crippen molar-refractivity contribution in [1.29, 1.82) is 0 Å². The van der Waals surface area contributed by atoms with E-state index in [1.807, 2.05) is 43.0 Å². The fourth-order valence-electron chi connectivity index (χ4n) is 2.29. The second-order valence-electron chi connectivity index (χ2n) is 5.03. The van der Waals surface area contributed by atoms with Gasteiger partial charge in [-0.05, 0) is 31.5 Å². The number of benzene rings is 1. The predicted molar refractivity (Wildman–Crippen MR) is 68.8 cm³/mol. The van der Waals surface area contributed by atoms with E-state index in [2.05, 4.69) is 0 Å². The van der Waals surface area contributed by atoms with Crippen LogP contribution in [-0.4, -0.2) is 23.4 Å². The van der Waals surface area contributed by atoms with Gasteiger partial charge in [-0.3, -0.25) is 4.79 Å². The largest absolute Gasteiger partial charge is 0.332 e. The van der Waals surface area contributed by atoms with E-state index in [9.17, 15) is 4.79 Å². The molecule has 0 bridgehead atoms. The number of carbonyl (C=O) groups is 1. The Balaban J connectivity index is 2.29. The number of carbonyl (C=O) groups excluding carboxylic acids is 1. The fraction of sp³-hybridized carbons (Fsp3) is 0.462. The minimum atomic E-state index is -0.338. The van der Waals surface area contributed by atoms with Crippen LogP contribution in [0, 0.1) is 0 Å². The van der Waals surface area contributed by atoms with Crippen LogP contribution >= 0.6 is 11.6 Å². The van der Waals surface area contributed by atoms with E-state index in [0.717, 1.165) is 5.56 Å². The maximum absolute atomic E-state index is 11.9. The monoisotopic (exact) mass is 252 g/mol. The minimum Gasteiger partial charge on any atom is -0.332 e. The van der Waals surface area contributed by atoms with Crippen LogP contribution in [0.4, 0.5) is 0 Å². The van der Waals surface area contributed by atoms with Crippen LogP contribution in [-0.2, 0) is 10.3 Å². The summed E-state index contributed by atoms with van der Waals surface area (Å²) < 4.78 is 0. The van der Waals surface area contributed by atoms with E-state index >= 15 is 0 Å². The second-order valence-corrected chi connectivity index (χ2v) is 5.47. The topological polar surface area (TPSA) is 46.3 Å². The van der Waals surface area contributed by atoms with Crippen molar-refractivity contribution in [3.05, 3.63) is 34.9 Å². The number of halogens is 1. The highest BCUT2D eigenvalue weighted by Gasteiger charge is 2.38. The molecule has 1 atom stereocenters. The molecule has 1 unspecified atom stereocenters. The Labute approximate surface area is 107 Å². The van der Waals surface area contributed by atoms with E-state index in [1.54, 1.807) is 0 Å². The molecular weight excluding hydrogens is 236 g/mol. The molecule has 2 N–H and O–H groups in total. The Bertz CT molecular complexity index is 428. The lowest BCUT2D eigenvalue weighted by Crippen LogP contribution is -2.43. The van der Waals surface area contributed by atoms with E-state index in [1.165, 1.54) is 0 Å².